The molecule has 0 aliphatic heterocycles. The molecular weight excluding hydrogens is 226 g/mol. The van der Waals surface area contributed by atoms with Crippen molar-refractivity contribution in [2.45, 2.75) is 0 Å². The van der Waals surface area contributed by atoms with Crippen molar-refractivity contribution in [3.63, 3.8) is 0 Å². The Morgan fingerprint density at radius 1 is 1.12 bits per heavy atom. The van der Waals surface area contributed by atoms with Gasteiger partial charge in [-0.05, 0) is 0 Å². The summed E-state index contributed by atoms with van der Waals surface area (Å²) in [5.74, 6) is 0. The van der Waals surface area contributed by atoms with Crippen LogP contribution in [0.1, 0.15) is 0 Å². The Bertz CT molecular complexity index is 147. The quantitative estimate of drug-likeness (QED) is 0.586. The van der Waals surface area contributed by atoms with Gasteiger partial charge in [-0.3, -0.25) is 0 Å². The zero-order chi connectivity index (χ0) is 5.98. The Labute approximate surface area is 66.9 Å². The molecular formula is C6H4ClSn+3. The van der Waals surface area contributed by atoms with Crippen LogP contribution in [0.3, 0.4) is 0 Å². The summed E-state index contributed by atoms with van der Waals surface area (Å²) in [5.41, 5.74) is 0. The zero-order valence-corrected chi connectivity index (χ0v) is 7.80. The summed E-state index contributed by atoms with van der Waals surface area (Å²) in [7, 11) is 0. The Balaban J connectivity index is 3.03. The molecule has 0 atom stereocenters. The average molecular weight is 230 g/mol. The molecule has 0 spiro atoms. The molecule has 0 radical (unpaired) electrons. The summed E-state index contributed by atoms with van der Waals surface area (Å²) in [6.45, 7) is 0. The van der Waals surface area contributed by atoms with E-state index >= 15 is 0 Å². The van der Waals surface area contributed by atoms with E-state index in [4.69, 9.17) is 11.6 Å². The second-order valence-electron chi connectivity index (χ2n) is 1.51. The molecule has 0 aromatic heterocycles. The van der Waals surface area contributed by atoms with E-state index in [1.807, 2.05) is 24.3 Å². The van der Waals surface area contributed by atoms with Crippen LogP contribution in [-0.2, 0) is 0 Å². The van der Waals surface area contributed by atoms with Crippen molar-refractivity contribution in [1.82, 2.24) is 0 Å². The molecule has 0 aliphatic carbocycles. The van der Waals surface area contributed by atoms with Crippen LogP contribution < -0.4 is 3.58 Å². The summed E-state index contributed by atoms with van der Waals surface area (Å²) in [6.07, 6.45) is 0. The Kier molecular flexibility index (Phi) is 2.20. The van der Waals surface area contributed by atoms with E-state index < -0.39 is 0 Å². The van der Waals surface area contributed by atoms with Gasteiger partial charge < -0.3 is 0 Å². The van der Waals surface area contributed by atoms with Gasteiger partial charge in [0.15, 0.2) is 0 Å². The van der Waals surface area contributed by atoms with Crippen molar-refractivity contribution < 1.29 is 0 Å². The minimum absolute atomic E-state index is 0.816. The molecule has 0 amide bonds. The fraction of sp³-hybridized carbons (Fsp3) is 0. The molecule has 0 nitrogen and oxygen atoms in total. The van der Waals surface area contributed by atoms with Crippen molar-refractivity contribution in [2.24, 2.45) is 0 Å². The molecule has 0 saturated carbocycles. The standard InChI is InChI=1S/C6H4Cl.Sn/c7-6-4-2-1-3-5-6;/h2-5H;/q;+3. The average Bonchev–Trinajstić information content (AvgIpc) is 1.77. The maximum absolute atomic E-state index is 5.62. The first-order valence-electron chi connectivity index (χ1n) is 2.26. The first kappa shape index (κ1) is 6.43. The summed E-state index contributed by atoms with van der Waals surface area (Å²) >= 11 is 7.06. The molecule has 36 valence electrons. The maximum atomic E-state index is 5.62. The van der Waals surface area contributed by atoms with Crippen molar-refractivity contribution in [3.05, 3.63) is 29.3 Å². The van der Waals surface area contributed by atoms with Gasteiger partial charge in [-0.25, -0.2) is 0 Å². The SMILES string of the molecule is Clc1cc[c]([Sn+3])cc1. The van der Waals surface area contributed by atoms with Gasteiger partial charge in [0.1, 0.15) is 0 Å². The summed E-state index contributed by atoms with van der Waals surface area (Å²) in [4.78, 5) is 0. The van der Waals surface area contributed by atoms with Gasteiger partial charge in [0, 0.05) is 0 Å². The summed E-state index contributed by atoms with van der Waals surface area (Å²) < 4.78 is 1.33. The van der Waals surface area contributed by atoms with E-state index in [1.165, 1.54) is 26.1 Å². The van der Waals surface area contributed by atoms with Crippen LogP contribution in [0.25, 0.3) is 0 Å². The van der Waals surface area contributed by atoms with Crippen LogP contribution >= 0.6 is 11.6 Å². The predicted molar refractivity (Wildman–Crippen MR) is 36.8 cm³/mol. The molecule has 0 fully saturated rings. The summed E-state index contributed by atoms with van der Waals surface area (Å²) in [6, 6.07) is 7.87. The van der Waals surface area contributed by atoms with E-state index in [0.29, 0.717) is 0 Å². The van der Waals surface area contributed by atoms with Gasteiger partial charge in [-0.1, -0.05) is 0 Å². The van der Waals surface area contributed by atoms with Crippen LogP contribution in [0.4, 0.5) is 0 Å². The van der Waals surface area contributed by atoms with Gasteiger partial charge in [-0.2, -0.15) is 0 Å². The van der Waals surface area contributed by atoms with Crippen molar-refractivity contribution in [1.29, 1.82) is 0 Å². The number of hydrogen-bond acceptors (Lipinski definition) is 0. The number of hydrogen-bond donors (Lipinski definition) is 0. The van der Waals surface area contributed by atoms with E-state index in [0.717, 1.165) is 5.02 Å². The van der Waals surface area contributed by atoms with Crippen molar-refractivity contribution in [3.8, 4) is 0 Å². The normalized spacial score (nSPS) is 9.38. The van der Waals surface area contributed by atoms with E-state index in [2.05, 4.69) is 0 Å². The molecule has 1 aromatic carbocycles. The zero-order valence-electron chi connectivity index (χ0n) is 4.19. The molecule has 0 saturated heterocycles. The molecule has 0 N–H and O–H groups in total. The fourth-order valence-electron chi connectivity index (χ4n) is 0.450. The number of rotatable bonds is 0. The van der Waals surface area contributed by atoms with Crippen molar-refractivity contribution >= 4 is 37.7 Å². The predicted octanol–water partition coefficient (Wildman–Crippen LogP) is 1.13. The Morgan fingerprint density at radius 2 is 1.62 bits per heavy atom. The Morgan fingerprint density at radius 3 is 2.00 bits per heavy atom. The third-order valence-corrected chi connectivity index (χ3v) is 2.05. The van der Waals surface area contributed by atoms with Crippen LogP contribution in [0.15, 0.2) is 24.3 Å². The third kappa shape index (κ3) is 1.67. The summed E-state index contributed by atoms with van der Waals surface area (Å²) in [5, 5.41) is 0.816. The molecule has 0 heterocycles. The van der Waals surface area contributed by atoms with Crippen molar-refractivity contribution in [2.75, 3.05) is 0 Å². The van der Waals surface area contributed by atoms with Crippen LogP contribution in [0.2, 0.25) is 5.02 Å². The number of benzene rings is 1. The van der Waals surface area contributed by atoms with E-state index in [-0.39, 0.29) is 0 Å². The van der Waals surface area contributed by atoms with Gasteiger partial charge in [0.2, 0.25) is 0 Å². The molecule has 0 aliphatic rings. The molecule has 8 heavy (non-hydrogen) atoms. The molecule has 1 aromatic rings. The fourth-order valence-corrected chi connectivity index (χ4v) is 1.05. The van der Waals surface area contributed by atoms with Crippen LogP contribution in [-0.4, -0.2) is 22.5 Å². The van der Waals surface area contributed by atoms with E-state index in [1.54, 1.807) is 0 Å². The van der Waals surface area contributed by atoms with Crippen LogP contribution in [0, 0.1) is 0 Å². The third-order valence-electron chi connectivity index (χ3n) is 0.844. The number of halogens is 1. The molecule has 0 unspecified atom stereocenters. The second kappa shape index (κ2) is 2.74. The monoisotopic (exact) mass is 231 g/mol. The first-order chi connectivity index (χ1) is 3.79. The molecule has 1 rings (SSSR count). The van der Waals surface area contributed by atoms with E-state index in [9.17, 15) is 0 Å². The second-order valence-corrected chi connectivity index (χ2v) is 3.59. The molecule has 0 bridgehead atoms. The van der Waals surface area contributed by atoms with Gasteiger partial charge in [0.25, 0.3) is 0 Å². The molecule has 2 heteroatoms. The van der Waals surface area contributed by atoms with Gasteiger partial charge >= 0.3 is 67.0 Å². The first-order valence-corrected chi connectivity index (χ1v) is 4.07. The topological polar surface area (TPSA) is 0 Å². The van der Waals surface area contributed by atoms with Gasteiger partial charge in [-0.15, -0.1) is 0 Å². The van der Waals surface area contributed by atoms with Gasteiger partial charge in [0.05, 0.1) is 0 Å². The minimum atomic E-state index is 0.816. The Hall–Kier alpha value is 0.309. The van der Waals surface area contributed by atoms with Crippen LogP contribution in [0.5, 0.6) is 0 Å².